The third kappa shape index (κ3) is 4.64. The van der Waals surface area contributed by atoms with E-state index in [0.29, 0.717) is 34.6 Å². The predicted octanol–water partition coefficient (Wildman–Crippen LogP) is 3.29. The molecule has 0 saturated heterocycles. The molecule has 0 atom stereocenters. The highest BCUT2D eigenvalue weighted by atomic mass is 79.9. The molecule has 7 nitrogen and oxygen atoms in total. The number of aromatic nitrogens is 2. The zero-order valence-electron chi connectivity index (χ0n) is 15.4. The SMILES string of the molecule is CCOC(=O)COc1cccc(C=Nn2c(C)nc3ccc(Br)cc3c2=O)c1. The molecule has 0 radical (unpaired) electrons. The number of carbonyl (C=O) groups excluding carboxylic acids is 1. The highest BCUT2D eigenvalue weighted by molar-refractivity contribution is 9.10. The topological polar surface area (TPSA) is 82.8 Å². The molecule has 0 aliphatic rings. The molecule has 3 rings (SSSR count). The third-order valence-corrected chi connectivity index (χ3v) is 4.31. The summed E-state index contributed by atoms with van der Waals surface area (Å²) in [6, 6.07) is 12.4. The van der Waals surface area contributed by atoms with Gasteiger partial charge in [0.1, 0.15) is 11.6 Å². The molecule has 0 unspecified atom stereocenters. The van der Waals surface area contributed by atoms with E-state index in [1.54, 1.807) is 44.2 Å². The summed E-state index contributed by atoms with van der Waals surface area (Å²) in [7, 11) is 0. The van der Waals surface area contributed by atoms with Gasteiger partial charge < -0.3 is 9.47 Å². The van der Waals surface area contributed by atoms with Gasteiger partial charge in [-0.05, 0) is 49.7 Å². The van der Waals surface area contributed by atoms with E-state index in [4.69, 9.17) is 9.47 Å². The van der Waals surface area contributed by atoms with Crippen molar-refractivity contribution in [3.63, 3.8) is 0 Å². The van der Waals surface area contributed by atoms with E-state index < -0.39 is 5.97 Å². The number of ether oxygens (including phenoxy) is 2. The van der Waals surface area contributed by atoms with Crippen molar-refractivity contribution in [1.29, 1.82) is 0 Å². The van der Waals surface area contributed by atoms with Crippen LogP contribution in [0.4, 0.5) is 0 Å². The Morgan fingerprint density at radius 3 is 2.89 bits per heavy atom. The monoisotopic (exact) mass is 443 g/mol. The first-order chi connectivity index (χ1) is 13.5. The molecular formula is C20H18BrN3O4. The first kappa shape index (κ1) is 19.8. The van der Waals surface area contributed by atoms with E-state index in [1.165, 1.54) is 10.9 Å². The highest BCUT2D eigenvalue weighted by Crippen LogP contribution is 2.16. The van der Waals surface area contributed by atoms with Crippen molar-refractivity contribution in [2.24, 2.45) is 5.10 Å². The summed E-state index contributed by atoms with van der Waals surface area (Å²) in [5.41, 5.74) is 1.07. The van der Waals surface area contributed by atoms with E-state index in [0.717, 1.165) is 4.47 Å². The van der Waals surface area contributed by atoms with Crippen LogP contribution >= 0.6 is 15.9 Å². The van der Waals surface area contributed by atoms with Crippen LogP contribution in [0.25, 0.3) is 10.9 Å². The summed E-state index contributed by atoms with van der Waals surface area (Å²) >= 11 is 3.37. The Morgan fingerprint density at radius 1 is 1.29 bits per heavy atom. The maximum absolute atomic E-state index is 12.7. The molecule has 3 aromatic rings. The lowest BCUT2D eigenvalue weighted by molar-refractivity contribution is -0.145. The molecule has 1 heterocycles. The van der Waals surface area contributed by atoms with Gasteiger partial charge in [-0.2, -0.15) is 9.78 Å². The minimum Gasteiger partial charge on any atom is -0.482 e. The second kappa shape index (κ2) is 8.79. The zero-order chi connectivity index (χ0) is 20.1. The molecule has 28 heavy (non-hydrogen) atoms. The van der Waals surface area contributed by atoms with Crippen LogP contribution in [0.3, 0.4) is 0 Å². The van der Waals surface area contributed by atoms with E-state index in [-0.39, 0.29) is 12.2 Å². The molecule has 0 aliphatic heterocycles. The van der Waals surface area contributed by atoms with Crippen LogP contribution in [0.2, 0.25) is 0 Å². The van der Waals surface area contributed by atoms with Gasteiger partial charge in [-0.15, -0.1) is 0 Å². The molecular weight excluding hydrogens is 426 g/mol. The standard InChI is InChI=1S/C20H18BrN3O4/c1-3-27-19(25)12-28-16-6-4-5-14(9-16)11-22-24-13(2)23-18-8-7-15(21)10-17(18)20(24)26/h4-11H,3,12H2,1-2H3. The maximum atomic E-state index is 12.7. The number of fused-ring (bicyclic) bond motifs is 1. The largest absolute Gasteiger partial charge is 0.482 e. The Kier molecular flexibility index (Phi) is 6.20. The van der Waals surface area contributed by atoms with Crippen LogP contribution in [0.5, 0.6) is 5.75 Å². The van der Waals surface area contributed by atoms with Crippen LogP contribution in [0.15, 0.2) is 56.8 Å². The number of nitrogens with zero attached hydrogens (tertiary/aromatic N) is 3. The Morgan fingerprint density at radius 2 is 2.11 bits per heavy atom. The summed E-state index contributed by atoms with van der Waals surface area (Å²) in [6.07, 6.45) is 1.54. The Balaban J connectivity index is 1.85. The Labute approximate surface area is 169 Å². The number of aryl methyl sites for hydroxylation is 1. The van der Waals surface area contributed by atoms with E-state index in [1.807, 2.05) is 12.1 Å². The summed E-state index contributed by atoms with van der Waals surface area (Å²) < 4.78 is 12.3. The molecule has 8 heteroatoms. The smallest absolute Gasteiger partial charge is 0.344 e. The second-order valence-electron chi connectivity index (χ2n) is 5.85. The summed E-state index contributed by atoms with van der Waals surface area (Å²) in [4.78, 5) is 28.6. The predicted molar refractivity (Wildman–Crippen MR) is 110 cm³/mol. The van der Waals surface area contributed by atoms with Crippen molar-refractivity contribution in [3.8, 4) is 5.75 Å². The van der Waals surface area contributed by atoms with Crippen molar-refractivity contribution in [1.82, 2.24) is 9.66 Å². The van der Waals surface area contributed by atoms with Crippen LogP contribution in [0, 0.1) is 6.92 Å². The molecule has 0 saturated carbocycles. The van der Waals surface area contributed by atoms with Gasteiger partial charge in [-0.25, -0.2) is 9.78 Å². The van der Waals surface area contributed by atoms with E-state index >= 15 is 0 Å². The average Bonchev–Trinajstić information content (AvgIpc) is 2.67. The van der Waals surface area contributed by atoms with Crippen molar-refractivity contribution in [3.05, 3.63) is 68.7 Å². The van der Waals surface area contributed by atoms with Crippen LogP contribution < -0.4 is 10.3 Å². The lowest BCUT2D eigenvalue weighted by Crippen LogP contribution is -2.20. The number of halogens is 1. The van der Waals surface area contributed by atoms with Gasteiger partial charge >= 0.3 is 5.97 Å². The van der Waals surface area contributed by atoms with Gasteiger partial charge in [-0.1, -0.05) is 28.1 Å². The zero-order valence-corrected chi connectivity index (χ0v) is 17.0. The fourth-order valence-corrected chi connectivity index (χ4v) is 2.91. The normalized spacial score (nSPS) is 11.1. The summed E-state index contributed by atoms with van der Waals surface area (Å²) in [6.45, 7) is 3.59. The van der Waals surface area contributed by atoms with Gasteiger partial charge in [0.05, 0.1) is 23.7 Å². The summed E-state index contributed by atoms with van der Waals surface area (Å²) in [5.74, 6) is 0.546. The minimum absolute atomic E-state index is 0.170. The van der Waals surface area contributed by atoms with Crippen molar-refractivity contribution in [2.75, 3.05) is 13.2 Å². The van der Waals surface area contributed by atoms with E-state index in [9.17, 15) is 9.59 Å². The van der Waals surface area contributed by atoms with Crippen LogP contribution in [-0.2, 0) is 9.53 Å². The highest BCUT2D eigenvalue weighted by Gasteiger charge is 2.08. The van der Waals surface area contributed by atoms with Crippen molar-refractivity contribution < 1.29 is 14.3 Å². The number of hydrogen-bond acceptors (Lipinski definition) is 6. The van der Waals surface area contributed by atoms with Gasteiger partial charge in [0.15, 0.2) is 6.61 Å². The van der Waals surface area contributed by atoms with Crippen molar-refractivity contribution >= 4 is 39.0 Å². The Hall–Kier alpha value is -3.00. The molecule has 0 spiro atoms. The fourth-order valence-electron chi connectivity index (χ4n) is 2.55. The molecule has 2 aromatic carbocycles. The molecule has 0 fully saturated rings. The van der Waals surface area contributed by atoms with Gasteiger partial charge in [0.25, 0.3) is 5.56 Å². The number of carbonyl (C=O) groups is 1. The molecule has 144 valence electrons. The van der Waals surface area contributed by atoms with Gasteiger partial charge in [0, 0.05) is 4.47 Å². The van der Waals surface area contributed by atoms with Gasteiger partial charge in [-0.3, -0.25) is 4.79 Å². The van der Waals surface area contributed by atoms with E-state index in [2.05, 4.69) is 26.0 Å². The maximum Gasteiger partial charge on any atom is 0.344 e. The lowest BCUT2D eigenvalue weighted by Gasteiger charge is -2.07. The summed E-state index contributed by atoms with van der Waals surface area (Å²) in [5, 5.41) is 4.75. The number of benzene rings is 2. The number of esters is 1. The average molecular weight is 444 g/mol. The first-order valence-electron chi connectivity index (χ1n) is 8.59. The Bertz CT molecular complexity index is 1110. The molecule has 1 aromatic heterocycles. The molecule has 0 amide bonds. The van der Waals surface area contributed by atoms with Crippen molar-refractivity contribution in [2.45, 2.75) is 13.8 Å². The first-order valence-corrected chi connectivity index (χ1v) is 9.39. The molecule has 0 N–H and O–H groups in total. The molecule has 0 aliphatic carbocycles. The number of hydrogen-bond donors (Lipinski definition) is 0. The minimum atomic E-state index is -0.433. The quantitative estimate of drug-likeness (QED) is 0.431. The van der Waals surface area contributed by atoms with Crippen LogP contribution in [0.1, 0.15) is 18.3 Å². The number of rotatable bonds is 6. The third-order valence-electron chi connectivity index (χ3n) is 3.81. The molecule has 0 bridgehead atoms. The lowest BCUT2D eigenvalue weighted by atomic mass is 10.2. The second-order valence-corrected chi connectivity index (χ2v) is 6.76. The fraction of sp³-hybridized carbons (Fsp3) is 0.200. The van der Waals surface area contributed by atoms with Crippen LogP contribution in [-0.4, -0.2) is 35.1 Å². The van der Waals surface area contributed by atoms with Gasteiger partial charge in [0.2, 0.25) is 0 Å².